The molecule has 0 saturated heterocycles. The fraction of sp³-hybridized carbons (Fsp3) is 0.667. The second-order valence-electron chi connectivity index (χ2n) is 6.43. The van der Waals surface area contributed by atoms with E-state index in [-0.39, 0.29) is 0 Å². The molecule has 0 aromatic heterocycles. The molecule has 0 heterocycles. The zero-order valence-electron chi connectivity index (χ0n) is 13.3. The van der Waals surface area contributed by atoms with Crippen LogP contribution >= 0.6 is 0 Å². The van der Waals surface area contributed by atoms with Crippen molar-refractivity contribution in [1.82, 2.24) is 5.32 Å². The highest BCUT2D eigenvalue weighted by Gasteiger charge is 2.19. The van der Waals surface area contributed by atoms with Crippen molar-refractivity contribution in [2.75, 3.05) is 13.2 Å². The van der Waals surface area contributed by atoms with Crippen LogP contribution in [0.2, 0.25) is 0 Å². The molecule has 1 saturated carbocycles. The summed E-state index contributed by atoms with van der Waals surface area (Å²) >= 11 is 0. The minimum absolute atomic E-state index is 0.354. The van der Waals surface area contributed by atoms with Gasteiger partial charge in [-0.1, -0.05) is 31.2 Å². The molecule has 1 aliphatic carbocycles. The normalized spacial score (nSPS) is 24.0. The monoisotopic (exact) mass is 291 g/mol. The van der Waals surface area contributed by atoms with Crippen LogP contribution in [-0.2, 0) is 11.3 Å². The summed E-state index contributed by atoms with van der Waals surface area (Å²) in [6.07, 6.45) is 4.73. The Labute approximate surface area is 128 Å². The van der Waals surface area contributed by atoms with Crippen molar-refractivity contribution in [1.29, 1.82) is 0 Å². The lowest BCUT2D eigenvalue weighted by atomic mass is 9.89. The summed E-state index contributed by atoms with van der Waals surface area (Å²) in [4.78, 5) is 0. The van der Waals surface area contributed by atoms with E-state index >= 15 is 0 Å². The Morgan fingerprint density at radius 1 is 1.24 bits per heavy atom. The van der Waals surface area contributed by atoms with Crippen molar-refractivity contribution < 1.29 is 9.84 Å². The standard InChI is InChI=1S/C18H29NO2/c1-14-7-9-18(10-8-14)21-13-17(20)12-19-11-16-6-4-3-5-15(16)2/h3-6,14,17-20H,7-13H2,1-2H3. The third kappa shape index (κ3) is 5.77. The van der Waals surface area contributed by atoms with Crippen molar-refractivity contribution >= 4 is 0 Å². The van der Waals surface area contributed by atoms with E-state index in [4.69, 9.17) is 4.74 Å². The van der Waals surface area contributed by atoms with Gasteiger partial charge in [0, 0.05) is 13.1 Å². The van der Waals surface area contributed by atoms with Gasteiger partial charge in [-0.25, -0.2) is 0 Å². The molecule has 2 N–H and O–H groups in total. The van der Waals surface area contributed by atoms with E-state index in [0.717, 1.165) is 25.3 Å². The molecule has 1 atom stereocenters. The highest BCUT2D eigenvalue weighted by Crippen LogP contribution is 2.25. The first-order chi connectivity index (χ1) is 10.1. The minimum atomic E-state index is -0.423. The highest BCUT2D eigenvalue weighted by atomic mass is 16.5. The first kappa shape index (κ1) is 16.5. The Bertz CT molecular complexity index is 413. The van der Waals surface area contributed by atoms with E-state index in [0.29, 0.717) is 19.3 Å². The van der Waals surface area contributed by atoms with Crippen LogP contribution in [0, 0.1) is 12.8 Å². The molecular weight excluding hydrogens is 262 g/mol. The van der Waals surface area contributed by atoms with Crippen LogP contribution in [0.4, 0.5) is 0 Å². The second kappa shape index (κ2) is 8.52. The molecule has 1 aliphatic rings. The summed E-state index contributed by atoms with van der Waals surface area (Å²) in [5.41, 5.74) is 2.57. The Morgan fingerprint density at radius 2 is 1.95 bits per heavy atom. The van der Waals surface area contributed by atoms with Gasteiger partial charge in [0.2, 0.25) is 0 Å². The number of aliphatic hydroxyl groups excluding tert-OH is 1. The number of nitrogens with one attached hydrogen (secondary N) is 1. The van der Waals surface area contributed by atoms with Gasteiger partial charge in [-0.3, -0.25) is 0 Å². The van der Waals surface area contributed by atoms with E-state index in [2.05, 4.69) is 31.3 Å². The summed E-state index contributed by atoms with van der Waals surface area (Å²) < 4.78 is 5.83. The van der Waals surface area contributed by atoms with E-state index in [1.165, 1.54) is 24.0 Å². The van der Waals surface area contributed by atoms with Gasteiger partial charge in [0.1, 0.15) is 0 Å². The summed E-state index contributed by atoms with van der Waals surface area (Å²) in [5, 5.41) is 13.3. The summed E-state index contributed by atoms with van der Waals surface area (Å²) in [5.74, 6) is 0.838. The van der Waals surface area contributed by atoms with Crippen molar-refractivity contribution in [3.63, 3.8) is 0 Å². The lowest BCUT2D eigenvalue weighted by molar-refractivity contribution is -0.0278. The first-order valence-electron chi connectivity index (χ1n) is 8.20. The lowest BCUT2D eigenvalue weighted by Crippen LogP contribution is -2.32. The predicted octanol–water partition coefficient (Wildman–Crippen LogP) is 3.04. The highest BCUT2D eigenvalue weighted by molar-refractivity contribution is 5.25. The summed E-state index contributed by atoms with van der Waals surface area (Å²) in [6, 6.07) is 8.33. The van der Waals surface area contributed by atoms with Gasteiger partial charge < -0.3 is 15.2 Å². The van der Waals surface area contributed by atoms with E-state index in [9.17, 15) is 5.11 Å². The largest absolute Gasteiger partial charge is 0.389 e. The van der Waals surface area contributed by atoms with E-state index < -0.39 is 6.10 Å². The Kier molecular flexibility index (Phi) is 6.68. The molecule has 0 radical (unpaired) electrons. The molecule has 21 heavy (non-hydrogen) atoms. The topological polar surface area (TPSA) is 41.5 Å². The average Bonchev–Trinajstić information content (AvgIpc) is 2.49. The maximum Gasteiger partial charge on any atom is 0.0897 e. The Hall–Kier alpha value is -0.900. The smallest absolute Gasteiger partial charge is 0.0897 e. The van der Waals surface area contributed by atoms with Crippen molar-refractivity contribution in [3.05, 3.63) is 35.4 Å². The second-order valence-corrected chi connectivity index (χ2v) is 6.43. The molecule has 0 amide bonds. The van der Waals surface area contributed by atoms with Gasteiger partial charge in [-0.2, -0.15) is 0 Å². The number of ether oxygens (including phenoxy) is 1. The van der Waals surface area contributed by atoms with Crippen LogP contribution in [0.1, 0.15) is 43.7 Å². The fourth-order valence-corrected chi connectivity index (χ4v) is 2.88. The summed E-state index contributed by atoms with van der Waals surface area (Å²) in [6.45, 7) is 6.24. The number of aliphatic hydroxyl groups is 1. The molecule has 0 bridgehead atoms. The maximum atomic E-state index is 9.99. The molecule has 118 valence electrons. The number of hydrogen-bond acceptors (Lipinski definition) is 3. The number of rotatable bonds is 7. The molecule has 1 aromatic rings. The van der Waals surface area contributed by atoms with Gasteiger partial charge >= 0.3 is 0 Å². The van der Waals surface area contributed by atoms with Crippen LogP contribution in [0.15, 0.2) is 24.3 Å². The average molecular weight is 291 g/mol. The van der Waals surface area contributed by atoms with Gasteiger partial charge in [0.05, 0.1) is 18.8 Å². The molecule has 0 spiro atoms. The Morgan fingerprint density at radius 3 is 2.67 bits per heavy atom. The quantitative estimate of drug-likeness (QED) is 0.811. The van der Waals surface area contributed by atoms with Crippen LogP contribution in [0.3, 0.4) is 0 Å². The van der Waals surface area contributed by atoms with E-state index in [1.54, 1.807) is 0 Å². The van der Waals surface area contributed by atoms with Crippen LogP contribution < -0.4 is 5.32 Å². The molecule has 0 aliphatic heterocycles. The minimum Gasteiger partial charge on any atom is -0.389 e. The maximum absolute atomic E-state index is 9.99. The fourth-order valence-electron chi connectivity index (χ4n) is 2.88. The van der Waals surface area contributed by atoms with Gasteiger partial charge in [-0.15, -0.1) is 0 Å². The molecule has 3 heteroatoms. The molecule has 3 nitrogen and oxygen atoms in total. The molecule has 1 fully saturated rings. The number of hydrogen-bond donors (Lipinski definition) is 2. The SMILES string of the molecule is Cc1ccccc1CNCC(O)COC1CCC(C)CC1. The lowest BCUT2D eigenvalue weighted by Gasteiger charge is -2.27. The van der Waals surface area contributed by atoms with Crippen LogP contribution in [0.25, 0.3) is 0 Å². The molecular formula is C18H29NO2. The van der Waals surface area contributed by atoms with Gasteiger partial charge in [0.15, 0.2) is 0 Å². The zero-order valence-corrected chi connectivity index (χ0v) is 13.3. The molecule has 1 unspecified atom stereocenters. The van der Waals surface area contributed by atoms with Crippen molar-refractivity contribution in [3.8, 4) is 0 Å². The van der Waals surface area contributed by atoms with Crippen molar-refractivity contribution in [2.24, 2.45) is 5.92 Å². The molecule has 2 rings (SSSR count). The number of benzene rings is 1. The first-order valence-corrected chi connectivity index (χ1v) is 8.20. The third-order valence-corrected chi connectivity index (χ3v) is 4.44. The Balaban J connectivity index is 1.59. The molecule has 1 aromatic carbocycles. The van der Waals surface area contributed by atoms with Crippen molar-refractivity contribution in [2.45, 2.75) is 58.3 Å². The van der Waals surface area contributed by atoms with Crippen LogP contribution in [-0.4, -0.2) is 30.5 Å². The predicted molar refractivity (Wildman–Crippen MR) is 86.3 cm³/mol. The third-order valence-electron chi connectivity index (χ3n) is 4.44. The summed E-state index contributed by atoms with van der Waals surface area (Å²) in [7, 11) is 0. The zero-order chi connectivity index (χ0) is 15.1. The van der Waals surface area contributed by atoms with Gasteiger partial charge in [-0.05, 0) is 49.7 Å². The van der Waals surface area contributed by atoms with E-state index in [1.807, 2.05) is 12.1 Å². The number of aryl methyl sites for hydroxylation is 1. The van der Waals surface area contributed by atoms with Crippen LogP contribution in [0.5, 0.6) is 0 Å². The van der Waals surface area contributed by atoms with Gasteiger partial charge in [0.25, 0.3) is 0 Å².